The molecule has 0 amide bonds. The Balaban J connectivity index is 1.18. The van der Waals surface area contributed by atoms with E-state index < -0.39 is 11.1 Å². The lowest BCUT2D eigenvalue weighted by Gasteiger charge is -2.49. The fraction of sp³-hybridized carbons (Fsp3) is 0.625. The van der Waals surface area contributed by atoms with Gasteiger partial charge in [-0.05, 0) is 80.2 Å². The summed E-state index contributed by atoms with van der Waals surface area (Å²) in [6.07, 6.45) is 12.7. The summed E-state index contributed by atoms with van der Waals surface area (Å²) in [5.41, 5.74) is 1.45. The highest BCUT2D eigenvalue weighted by Crippen LogP contribution is 2.56. The highest BCUT2D eigenvalue weighted by Gasteiger charge is 2.47. The first-order chi connectivity index (χ1) is 14.6. The maximum atomic E-state index is 12.2. The van der Waals surface area contributed by atoms with Gasteiger partial charge in [0.1, 0.15) is 11.9 Å². The molecule has 0 heterocycles. The second-order valence-electron chi connectivity index (χ2n) is 9.51. The standard InChI is InChI=1S/C24H29NO5/c26-24(29-18-8-6-17(7-9-18)25(27)28)30-19-10-13-21-16(14-19)5-12-22-20-3-1-2-15(20)4-11-23(21)22/h5-9,15,19-23H,1-4,10-14H2. The molecule has 0 radical (unpaired) electrons. The molecule has 4 aliphatic rings. The number of ether oxygens (including phenoxy) is 2. The summed E-state index contributed by atoms with van der Waals surface area (Å²) >= 11 is 0. The van der Waals surface area contributed by atoms with E-state index in [4.69, 9.17) is 9.47 Å². The summed E-state index contributed by atoms with van der Waals surface area (Å²) in [4.78, 5) is 22.5. The summed E-state index contributed by atoms with van der Waals surface area (Å²) in [7, 11) is 0. The second kappa shape index (κ2) is 8.05. The predicted molar refractivity (Wildman–Crippen MR) is 111 cm³/mol. The average molecular weight is 411 g/mol. The minimum absolute atomic E-state index is 0.0387. The fourth-order valence-electron chi connectivity index (χ4n) is 6.85. The third kappa shape index (κ3) is 3.72. The molecule has 6 unspecified atom stereocenters. The van der Waals surface area contributed by atoms with Gasteiger partial charge in [-0.15, -0.1) is 0 Å². The van der Waals surface area contributed by atoms with Crippen molar-refractivity contribution in [3.8, 4) is 5.75 Å². The van der Waals surface area contributed by atoms with E-state index in [1.54, 1.807) is 0 Å². The number of rotatable bonds is 3. The zero-order chi connectivity index (χ0) is 20.7. The van der Waals surface area contributed by atoms with Crippen molar-refractivity contribution >= 4 is 11.8 Å². The van der Waals surface area contributed by atoms with E-state index in [-0.39, 0.29) is 17.5 Å². The highest BCUT2D eigenvalue weighted by atomic mass is 16.7. The number of benzene rings is 1. The van der Waals surface area contributed by atoms with Gasteiger partial charge in [0.05, 0.1) is 4.92 Å². The van der Waals surface area contributed by atoms with E-state index in [2.05, 4.69) is 6.08 Å². The van der Waals surface area contributed by atoms with E-state index in [1.165, 1.54) is 68.4 Å². The topological polar surface area (TPSA) is 78.7 Å². The maximum absolute atomic E-state index is 12.2. The van der Waals surface area contributed by atoms with Crippen molar-refractivity contribution < 1.29 is 19.2 Å². The molecule has 30 heavy (non-hydrogen) atoms. The van der Waals surface area contributed by atoms with E-state index in [0.717, 1.165) is 42.9 Å². The number of nitro groups is 1. The average Bonchev–Trinajstić information content (AvgIpc) is 3.23. The summed E-state index contributed by atoms with van der Waals surface area (Å²) in [5.74, 6) is 4.58. The molecule has 1 aromatic rings. The number of non-ortho nitro benzene ring substituents is 1. The van der Waals surface area contributed by atoms with Gasteiger partial charge in [-0.25, -0.2) is 4.79 Å². The lowest BCUT2D eigenvalue weighted by molar-refractivity contribution is -0.384. The molecule has 6 heteroatoms. The lowest BCUT2D eigenvalue weighted by atomic mass is 9.57. The van der Waals surface area contributed by atoms with Crippen LogP contribution in [-0.2, 0) is 4.74 Å². The molecular formula is C24H29NO5. The molecule has 6 nitrogen and oxygen atoms in total. The van der Waals surface area contributed by atoms with E-state index in [9.17, 15) is 14.9 Å². The Morgan fingerprint density at radius 2 is 1.80 bits per heavy atom. The third-order valence-electron chi connectivity index (χ3n) is 8.11. The molecular weight excluding hydrogens is 382 g/mol. The molecule has 1 aromatic carbocycles. The van der Waals surface area contributed by atoms with Crippen LogP contribution in [0.15, 0.2) is 35.9 Å². The summed E-state index contributed by atoms with van der Waals surface area (Å²) in [6.45, 7) is 0. The monoisotopic (exact) mass is 411 g/mol. The van der Waals surface area contributed by atoms with E-state index in [1.807, 2.05) is 0 Å². The van der Waals surface area contributed by atoms with Gasteiger partial charge in [-0.3, -0.25) is 10.1 Å². The molecule has 0 saturated heterocycles. The number of allylic oxidation sites excluding steroid dienone is 1. The minimum Gasteiger partial charge on any atom is -0.430 e. The molecule has 0 spiro atoms. The quantitative estimate of drug-likeness (QED) is 0.199. The molecule has 6 atom stereocenters. The minimum atomic E-state index is -0.729. The Labute approximate surface area is 176 Å². The number of hydrogen-bond donors (Lipinski definition) is 0. The zero-order valence-electron chi connectivity index (χ0n) is 17.2. The Morgan fingerprint density at radius 3 is 2.60 bits per heavy atom. The fourth-order valence-corrected chi connectivity index (χ4v) is 6.85. The Kier molecular flexibility index (Phi) is 5.25. The number of carbonyl (C=O) groups excluding carboxylic acids is 1. The van der Waals surface area contributed by atoms with Gasteiger partial charge >= 0.3 is 6.16 Å². The SMILES string of the molecule is O=C(Oc1ccc([N+](=O)[O-])cc1)OC1CCC2C(=CCC3C4CCCC4CCC23)C1. The maximum Gasteiger partial charge on any atom is 0.514 e. The van der Waals surface area contributed by atoms with Crippen LogP contribution in [0.2, 0.25) is 0 Å². The van der Waals surface area contributed by atoms with Gasteiger partial charge in [0.25, 0.3) is 5.69 Å². The summed E-state index contributed by atoms with van der Waals surface area (Å²) in [6, 6.07) is 5.46. The van der Waals surface area contributed by atoms with Gasteiger partial charge in [0.2, 0.25) is 0 Å². The van der Waals surface area contributed by atoms with Gasteiger partial charge in [-0.2, -0.15) is 0 Å². The molecule has 4 aliphatic carbocycles. The number of carbonyl (C=O) groups is 1. The Bertz CT molecular complexity index is 848. The number of hydrogen-bond acceptors (Lipinski definition) is 5. The van der Waals surface area contributed by atoms with Crippen molar-refractivity contribution in [2.45, 2.75) is 63.9 Å². The van der Waals surface area contributed by atoms with Crippen LogP contribution in [0.3, 0.4) is 0 Å². The van der Waals surface area contributed by atoms with Gasteiger partial charge in [0, 0.05) is 18.6 Å². The zero-order valence-corrected chi connectivity index (χ0v) is 17.2. The van der Waals surface area contributed by atoms with Gasteiger partial charge in [0.15, 0.2) is 0 Å². The van der Waals surface area contributed by atoms with Crippen LogP contribution in [0.1, 0.15) is 57.8 Å². The lowest BCUT2D eigenvalue weighted by Crippen LogP contribution is -2.41. The largest absolute Gasteiger partial charge is 0.514 e. The molecule has 3 fully saturated rings. The van der Waals surface area contributed by atoms with Crippen LogP contribution in [0.4, 0.5) is 10.5 Å². The van der Waals surface area contributed by atoms with Crippen LogP contribution >= 0.6 is 0 Å². The smallest absolute Gasteiger partial charge is 0.430 e. The van der Waals surface area contributed by atoms with Crippen LogP contribution in [-0.4, -0.2) is 17.2 Å². The third-order valence-corrected chi connectivity index (χ3v) is 8.11. The number of nitrogens with zero attached hydrogens (tertiary/aromatic N) is 1. The second-order valence-corrected chi connectivity index (χ2v) is 9.51. The highest BCUT2D eigenvalue weighted by molar-refractivity contribution is 5.64. The van der Waals surface area contributed by atoms with Gasteiger partial charge < -0.3 is 9.47 Å². The Morgan fingerprint density at radius 1 is 0.967 bits per heavy atom. The molecule has 160 valence electrons. The molecule has 0 aromatic heterocycles. The van der Waals surface area contributed by atoms with Crippen molar-refractivity contribution in [3.63, 3.8) is 0 Å². The molecule has 0 bridgehead atoms. The number of nitro benzene ring substituents is 1. The normalized spacial score (nSPS) is 34.7. The summed E-state index contributed by atoms with van der Waals surface area (Å²) in [5, 5.41) is 10.7. The van der Waals surface area contributed by atoms with Crippen LogP contribution in [0.5, 0.6) is 5.75 Å². The first-order valence-corrected chi connectivity index (χ1v) is 11.4. The summed E-state index contributed by atoms with van der Waals surface area (Å²) < 4.78 is 10.8. The van der Waals surface area contributed by atoms with Crippen LogP contribution in [0.25, 0.3) is 0 Å². The molecule has 5 rings (SSSR count). The molecule has 0 N–H and O–H groups in total. The Hall–Kier alpha value is -2.37. The first-order valence-electron chi connectivity index (χ1n) is 11.4. The number of fused-ring (bicyclic) bond motifs is 5. The first kappa shape index (κ1) is 19.6. The molecule has 3 saturated carbocycles. The van der Waals surface area contributed by atoms with Crippen molar-refractivity contribution in [2.24, 2.45) is 29.6 Å². The van der Waals surface area contributed by atoms with Crippen molar-refractivity contribution in [1.29, 1.82) is 0 Å². The van der Waals surface area contributed by atoms with E-state index in [0.29, 0.717) is 5.92 Å². The van der Waals surface area contributed by atoms with E-state index >= 15 is 0 Å². The van der Waals surface area contributed by atoms with Crippen molar-refractivity contribution in [2.75, 3.05) is 0 Å². The predicted octanol–water partition coefficient (Wildman–Crippen LogP) is 6.05. The van der Waals surface area contributed by atoms with Gasteiger partial charge in [-0.1, -0.05) is 24.5 Å². The van der Waals surface area contributed by atoms with Crippen LogP contribution < -0.4 is 4.74 Å². The molecule has 0 aliphatic heterocycles. The van der Waals surface area contributed by atoms with Crippen LogP contribution in [0, 0.1) is 39.7 Å². The van der Waals surface area contributed by atoms with Crippen molar-refractivity contribution in [1.82, 2.24) is 0 Å². The van der Waals surface area contributed by atoms with Crippen molar-refractivity contribution in [3.05, 3.63) is 46.0 Å².